The van der Waals surface area contributed by atoms with Gasteiger partial charge in [0.1, 0.15) is 6.10 Å². The van der Waals surface area contributed by atoms with Crippen molar-refractivity contribution < 1.29 is 29.0 Å². The number of carbonyl (C=O) groups is 4. The molecule has 0 saturated heterocycles. The zero-order chi connectivity index (χ0) is 41.2. The molecular weight excluding hydrogens is 726 g/mol. The largest absolute Gasteiger partial charge is 0.481 e. The smallest absolute Gasteiger partial charge is 0.309 e. The summed E-state index contributed by atoms with van der Waals surface area (Å²) in [6.45, 7) is 24.1. The minimum atomic E-state index is -0.836. The number of fused-ring (bicyclic) bond motifs is 7. The Hall–Kier alpha value is -2.81. The number of Topliss-reactive ketones (excluding diaryl/α,β-unsaturated/α-hetero) is 1. The van der Waals surface area contributed by atoms with E-state index in [4.69, 9.17) is 16.3 Å². The summed E-state index contributed by atoms with van der Waals surface area (Å²) in [6, 6.07) is 0. The molecule has 10 heteroatoms. The number of aliphatic carboxylic acids is 1. The number of halogens is 1. The van der Waals surface area contributed by atoms with Crippen LogP contribution in [-0.2, 0) is 29.5 Å². The van der Waals surface area contributed by atoms with E-state index in [9.17, 15) is 24.3 Å². The number of carboxylic acids is 1. The molecule has 1 amide bonds. The number of hydrogen-bond donors (Lipinski definition) is 2. The Morgan fingerprint density at radius 1 is 0.893 bits per heavy atom. The lowest BCUT2D eigenvalue weighted by atomic mass is 9.33. The highest BCUT2D eigenvalue weighted by Crippen LogP contribution is 2.77. The van der Waals surface area contributed by atoms with Crippen molar-refractivity contribution in [3.8, 4) is 0 Å². The zero-order valence-corrected chi connectivity index (χ0v) is 36.5. The molecule has 0 aromatic carbocycles. The highest BCUT2D eigenvalue weighted by molar-refractivity contribution is 6.30. The number of nitrogens with one attached hydrogen (secondary N) is 1. The summed E-state index contributed by atoms with van der Waals surface area (Å²) in [5.41, 5.74) is 0.172. The third kappa shape index (κ3) is 5.95. The van der Waals surface area contributed by atoms with Crippen LogP contribution >= 0.6 is 11.6 Å². The number of carboxylic acid groups (broad SMARTS) is 1. The highest BCUT2D eigenvalue weighted by Gasteiger charge is 2.70. The SMILES string of the molecule is CC(C)C1=C2[C@H]3CC[C@@H]4[C@@]5(C)CC[C@H](OC(=O)[C@H]6C[C@@H](C(=O)O)C6(C)C)C(C)(C)[C@@H]5CC[C@@]4(C)[C@]3(C)CC[C@@]2(CC(=O)NC(C)(C)c2ncc(Cl)cn2)CC1=O. The molecule has 1 aromatic heterocycles. The normalized spacial score (nSPS) is 39.8. The molecule has 7 rings (SSSR count). The van der Waals surface area contributed by atoms with Gasteiger partial charge in [0.05, 0.1) is 22.4 Å². The van der Waals surface area contributed by atoms with E-state index < -0.39 is 34.2 Å². The quantitative estimate of drug-likeness (QED) is 0.249. The van der Waals surface area contributed by atoms with E-state index in [0.29, 0.717) is 35.5 Å². The fourth-order valence-corrected chi connectivity index (χ4v) is 14.6. The number of esters is 1. The highest BCUT2D eigenvalue weighted by atomic mass is 35.5. The number of allylic oxidation sites excluding steroid dienone is 2. The molecule has 6 aliphatic rings. The number of ketones is 1. The van der Waals surface area contributed by atoms with Gasteiger partial charge in [0.15, 0.2) is 11.6 Å². The first-order chi connectivity index (χ1) is 25.9. The lowest BCUT2D eigenvalue weighted by molar-refractivity contribution is -0.236. The van der Waals surface area contributed by atoms with Gasteiger partial charge in [0.2, 0.25) is 5.91 Å². The first-order valence-electron chi connectivity index (χ1n) is 21.4. The maximum absolute atomic E-state index is 14.1. The topological polar surface area (TPSA) is 136 Å². The van der Waals surface area contributed by atoms with Crippen LogP contribution in [0.3, 0.4) is 0 Å². The molecule has 0 bridgehead atoms. The monoisotopic (exact) mass is 791 g/mol. The predicted octanol–water partition coefficient (Wildman–Crippen LogP) is 9.51. The minimum Gasteiger partial charge on any atom is -0.481 e. The second-order valence-corrected chi connectivity index (χ2v) is 22.3. The van der Waals surface area contributed by atoms with Gasteiger partial charge in [0.25, 0.3) is 0 Å². The zero-order valence-electron chi connectivity index (χ0n) is 35.7. The average molecular weight is 793 g/mol. The molecule has 1 heterocycles. The van der Waals surface area contributed by atoms with Crippen molar-refractivity contribution >= 4 is 35.2 Å². The van der Waals surface area contributed by atoms with Crippen LogP contribution in [0.2, 0.25) is 5.02 Å². The molecule has 1 aromatic rings. The van der Waals surface area contributed by atoms with E-state index in [1.54, 1.807) is 12.4 Å². The number of rotatable bonds is 8. The van der Waals surface area contributed by atoms with Crippen molar-refractivity contribution in [2.45, 2.75) is 158 Å². The Labute approximate surface area is 339 Å². The molecule has 0 spiro atoms. The molecule has 2 N–H and O–H groups in total. The molecule has 0 unspecified atom stereocenters. The summed E-state index contributed by atoms with van der Waals surface area (Å²) in [6.07, 6.45) is 11.7. The molecule has 5 fully saturated rings. The number of carbonyl (C=O) groups excluding carboxylic acids is 3. The first-order valence-corrected chi connectivity index (χ1v) is 21.7. The third-order valence-electron chi connectivity index (χ3n) is 17.8. The van der Waals surface area contributed by atoms with Crippen LogP contribution < -0.4 is 5.32 Å². The molecule has 0 aliphatic heterocycles. The Balaban J connectivity index is 1.14. The first kappa shape index (κ1) is 41.4. The van der Waals surface area contributed by atoms with Gasteiger partial charge in [-0.25, -0.2) is 9.97 Å². The molecule has 5 saturated carbocycles. The Kier molecular flexibility index (Phi) is 9.86. The second kappa shape index (κ2) is 13.4. The number of aromatic nitrogens is 2. The van der Waals surface area contributed by atoms with E-state index >= 15 is 0 Å². The fourth-order valence-electron chi connectivity index (χ4n) is 14.5. The summed E-state index contributed by atoms with van der Waals surface area (Å²) in [5.74, 6) is -0.185. The van der Waals surface area contributed by atoms with Gasteiger partial charge in [-0.05, 0) is 123 Å². The van der Waals surface area contributed by atoms with E-state index in [1.165, 1.54) is 5.57 Å². The predicted molar refractivity (Wildman–Crippen MR) is 215 cm³/mol. The summed E-state index contributed by atoms with van der Waals surface area (Å²) >= 11 is 6.06. The van der Waals surface area contributed by atoms with Crippen molar-refractivity contribution in [3.05, 3.63) is 34.4 Å². The molecule has 308 valence electrons. The number of ether oxygens (including phenoxy) is 1. The second-order valence-electron chi connectivity index (χ2n) is 21.8. The maximum Gasteiger partial charge on any atom is 0.309 e. The molecule has 56 heavy (non-hydrogen) atoms. The van der Waals surface area contributed by atoms with Crippen LogP contribution in [0.1, 0.15) is 153 Å². The van der Waals surface area contributed by atoms with Crippen molar-refractivity contribution in [1.82, 2.24) is 15.3 Å². The van der Waals surface area contributed by atoms with Crippen molar-refractivity contribution in [2.24, 2.45) is 68.0 Å². The van der Waals surface area contributed by atoms with Gasteiger partial charge < -0.3 is 15.2 Å². The lowest BCUT2D eigenvalue weighted by Crippen LogP contribution is -2.66. The third-order valence-corrected chi connectivity index (χ3v) is 17.9. The standard InChI is InChI=1S/C46H66ClN3O6/c1-25(2)35-30(51)21-46(22-34(52)50-42(7,8)39-48-23-26(47)24-49-39)19-18-44(10)27(36(35)46)12-13-32-43(9)16-15-33(41(5,6)31(43)14-17-45(32,44)11)56-38(55)29-20-28(37(53)54)40(29,3)4/h23-25,27-29,31-33H,12-22H2,1-11H3,(H,50,52)(H,53,54)/t27-,28+,29-,31+,32-,33+,43+,44-,45-,46+/m1/s1. The van der Waals surface area contributed by atoms with E-state index in [0.717, 1.165) is 56.9 Å². The molecule has 6 aliphatic carbocycles. The van der Waals surface area contributed by atoms with Crippen LogP contribution in [0.5, 0.6) is 0 Å². The van der Waals surface area contributed by atoms with Gasteiger partial charge >= 0.3 is 11.9 Å². The van der Waals surface area contributed by atoms with Crippen LogP contribution in [0, 0.1) is 68.0 Å². The van der Waals surface area contributed by atoms with E-state index in [2.05, 4.69) is 63.8 Å². The number of nitrogens with zero attached hydrogens (tertiary/aromatic N) is 2. The van der Waals surface area contributed by atoms with Gasteiger partial charge in [-0.15, -0.1) is 0 Å². The van der Waals surface area contributed by atoms with Crippen molar-refractivity contribution in [3.63, 3.8) is 0 Å². The number of hydrogen-bond acceptors (Lipinski definition) is 7. The van der Waals surface area contributed by atoms with Gasteiger partial charge in [0, 0.05) is 36.1 Å². The van der Waals surface area contributed by atoms with Gasteiger partial charge in [-0.3, -0.25) is 19.2 Å². The summed E-state index contributed by atoms with van der Waals surface area (Å²) in [4.78, 5) is 62.5. The molecule has 10 atom stereocenters. The summed E-state index contributed by atoms with van der Waals surface area (Å²) < 4.78 is 6.41. The van der Waals surface area contributed by atoms with Gasteiger partial charge in [-0.2, -0.15) is 0 Å². The Bertz CT molecular complexity index is 1850. The fraction of sp³-hybridized carbons (Fsp3) is 0.783. The maximum atomic E-state index is 14.1. The van der Waals surface area contributed by atoms with Gasteiger partial charge in [-0.1, -0.05) is 79.5 Å². The summed E-state index contributed by atoms with van der Waals surface area (Å²) in [7, 11) is 0. The van der Waals surface area contributed by atoms with E-state index in [-0.39, 0.29) is 63.7 Å². The average Bonchev–Trinajstić information content (AvgIpc) is 3.37. The Morgan fingerprint density at radius 3 is 2.16 bits per heavy atom. The lowest BCUT2D eigenvalue weighted by Gasteiger charge is -2.72. The Morgan fingerprint density at radius 2 is 1.55 bits per heavy atom. The number of amides is 1. The van der Waals surface area contributed by atoms with Crippen LogP contribution in [-0.4, -0.2) is 44.8 Å². The van der Waals surface area contributed by atoms with Crippen LogP contribution in [0.15, 0.2) is 23.5 Å². The van der Waals surface area contributed by atoms with Crippen molar-refractivity contribution in [1.29, 1.82) is 0 Å². The van der Waals surface area contributed by atoms with Crippen molar-refractivity contribution in [2.75, 3.05) is 0 Å². The van der Waals surface area contributed by atoms with Crippen LogP contribution in [0.4, 0.5) is 0 Å². The molecular formula is C46H66ClN3O6. The minimum absolute atomic E-state index is 0.0334. The molecule has 9 nitrogen and oxygen atoms in total. The van der Waals surface area contributed by atoms with Crippen LogP contribution in [0.25, 0.3) is 0 Å². The summed E-state index contributed by atoms with van der Waals surface area (Å²) in [5, 5.41) is 13.3. The van der Waals surface area contributed by atoms with E-state index in [1.807, 2.05) is 27.7 Å². The molecule has 0 radical (unpaired) electrons.